The van der Waals surface area contributed by atoms with Gasteiger partial charge < -0.3 is 5.73 Å². The summed E-state index contributed by atoms with van der Waals surface area (Å²) in [6.45, 7) is 6.93. The number of aromatic nitrogens is 4. The second-order valence-corrected chi connectivity index (χ2v) is 4.67. The normalized spacial score (nSPS) is 12.7. The van der Waals surface area contributed by atoms with Crippen LogP contribution >= 0.6 is 0 Å². The Bertz CT molecular complexity index is 518. The van der Waals surface area contributed by atoms with Gasteiger partial charge in [-0.1, -0.05) is 6.92 Å². The summed E-state index contributed by atoms with van der Waals surface area (Å²) in [5.41, 5.74) is 9.11. The van der Waals surface area contributed by atoms with Gasteiger partial charge in [-0.15, -0.1) is 0 Å². The van der Waals surface area contributed by atoms with Crippen LogP contribution in [-0.4, -0.2) is 26.3 Å². The molecule has 0 amide bonds. The second-order valence-electron chi connectivity index (χ2n) is 4.67. The Morgan fingerprint density at radius 2 is 2.11 bits per heavy atom. The molecule has 0 aliphatic carbocycles. The average Bonchev–Trinajstić information content (AvgIpc) is 2.67. The van der Waals surface area contributed by atoms with Gasteiger partial charge in [-0.05, 0) is 38.3 Å². The van der Waals surface area contributed by atoms with Crippen LogP contribution in [0.1, 0.15) is 23.9 Å². The zero-order valence-electron chi connectivity index (χ0n) is 11.1. The molecule has 0 aromatic carbocycles. The van der Waals surface area contributed by atoms with E-state index in [1.54, 1.807) is 18.6 Å². The molecule has 2 N–H and O–H groups in total. The first kappa shape index (κ1) is 12.7. The van der Waals surface area contributed by atoms with E-state index in [2.05, 4.69) is 28.9 Å². The molecule has 0 radical (unpaired) electrons. The molecular formula is C13H19N5. The minimum Gasteiger partial charge on any atom is -0.330 e. The molecule has 0 bridgehead atoms. The molecule has 96 valence electrons. The van der Waals surface area contributed by atoms with E-state index in [0.29, 0.717) is 12.5 Å². The Kier molecular flexibility index (Phi) is 3.72. The lowest BCUT2D eigenvalue weighted by molar-refractivity contribution is 0.589. The molecule has 5 nitrogen and oxygen atoms in total. The number of hydrogen-bond acceptors (Lipinski definition) is 4. The summed E-state index contributed by atoms with van der Waals surface area (Å²) in [7, 11) is 0. The van der Waals surface area contributed by atoms with Gasteiger partial charge in [-0.2, -0.15) is 5.10 Å². The molecule has 1 unspecified atom stereocenters. The summed E-state index contributed by atoms with van der Waals surface area (Å²) in [6.07, 6.45) is 6.00. The molecule has 0 fully saturated rings. The fraction of sp³-hybridized carbons (Fsp3) is 0.462. The average molecular weight is 245 g/mol. The van der Waals surface area contributed by atoms with Gasteiger partial charge in [0.15, 0.2) is 5.82 Å². The van der Waals surface area contributed by atoms with Crippen LogP contribution in [0.2, 0.25) is 0 Å². The van der Waals surface area contributed by atoms with E-state index in [9.17, 15) is 0 Å². The lowest BCUT2D eigenvalue weighted by Crippen LogP contribution is -2.14. The molecule has 1 atom stereocenters. The number of nitrogens with two attached hydrogens (primary N) is 1. The molecule has 18 heavy (non-hydrogen) atoms. The third-order valence-corrected chi connectivity index (χ3v) is 3.16. The largest absolute Gasteiger partial charge is 0.330 e. The van der Waals surface area contributed by atoms with Gasteiger partial charge in [0.2, 0.25) is 0 Å². The van der Waals surface area contributed by atoms with E-state index in [1.807, 2.05) is 11.6 Å². The smallest absolute Gasteiger partial charge is 0.172 e. The number of nitrogens with zero attached hydrogens (tertiary/aromatic N) is 4. The zero-order valence-corrected chi connectivity index (χ0v) is 11.1. The van der Waals surface area contributed by atoms with Crippen LogP contribution in [0.25, 0.3) is 5.82 Å². The van der Waals surface area contributed by atoms with Crippen molar-refractivity contribution in [2.45, 2.75) is 27.2 Å². The summed E-state index contributed by atoms with van der Waals surface area (Å²) < 4.78 is 1.85. The Labute approximate surface area is 107 Å². The van der Waals surface area contributed by atoms with E-state index < -0.39 is 0 Å². The monoisotopic (exact) mass is 245 g/mol. The number of aryl methyl sites for hydroxylation is 1. The first-order valence-electron chi connectivity index (χ1n) is 6.15. The van der Waals surface area contributed by atoms with Crippen molar-refractivity contribution in [3.63, 3.8) is 0 Å². The lowest BCUT2D eigenvalue weighted by atomic mass is 10.00. The molecule has 2 heterocycles. The molecular weight excluding hydrogens is 226 g/mol. The first-order chi connectivity index (χ1) is 8.63. The Hall–Kier alpha value is -1.75. The van der Waals surface area contributed by atoms with E-state index >= 15 is 0 Å². The van der Waals surface area contributed by atoms with Gasteiger partial charge in [0, 0.05) is 18.1 Å². The van der Waals surface area contributed by atoms with Crippen LogP contribution in [0.4, 0.5) is 0 Å². The van der Waals surface area contributed by atoms with Crippen molar-refractivity contribution in [2.24, 2.45) is 11.7 Å². The molecule has 2 aromatic heterocycles. The Morgan fingerprint density at radius 1 is 1.33 bits per heavy atom. The van der Waals surface area contributed by atoms with Crippen LogP contribution in [0.5, 0.6) is 0 Å². The van der Waals surface area contributed by atoms with Crippen LogP contribution in [-0.2, 0) is 6.42 Å². The van der Waals surface area contributed by atoms with Gasteiger partial charge >= 0.3 is 0 Å². The molecule has 0 aliphatic heterocycles. The van der Waals surface area contributed by atoms with E-state index in [4.69, 9.17) is 5.73 Å². The van der Waals surface area contributed by atoms with Gasteiger partial charge in [0.25, 0.3) is 0 Å². The topological polar surface area (TPSA) is 69.6 Å². The van der Waals surface area contributed by atoms with Crippen LogP contribution in [0.15, 0.2) is 18.6 Å². The summed E-state index contributed by atoms with van der Waals surface area (Å²) in [6, 6.07) is 0. The molecule has 0 saturated carbocycles. The highest BCUT2D eigenvalue weighted by molar-refractivity contribution is 5.31. The van der Waals surface area contributed by atoms with Crippen molar-refractivity contribution < 1.29 is 0 Å². The Morgan fingerprint density at radius 3 is 2.72 bits per heavy atom. The second kappa shape index (κ2) is 5.27. The molecule has 5 heteroatoms. The summed E-state index contributed by atoms with van der Waals surface area (Å²) in [5.74, 6) is 1.21. The van der Waals surface area contributed by atoms with Gasteiger partial charge in [-0.3, -0.25) is 4.98 Å². The fourth-order valence-electron chi connectivity index (χ4n) is 2.03. The van der Waals surface area contributed by atoms with Crippen molar-refractivity contribution in [3.8, 4) is 5.82 Å². The number of rotatable bonds is 4. The van der Waals surface area contributed by atoms with E-state index in [0.717, 1.165) is 23.6 Å². The minimum atomic E-state index is 0.460. The molecule has 0 aliphatic rings. The van der Waals surface area contributed by atoms with Crippen LogP contribution < -0.4 is 5.73 Å². The van der Waals surface area contributed by atoms with Crippen molar-refractivity contribution >= 4 is 0 Å². The zero-order chi connectivity index (χ0) is 13.1. The van der Waals surface area contributed by atoms with Crippen molar-refractivity contribution in [2.75, 3.05) is 6.54 Å². The third kappa shape index (κ3) is 2.41. The summed E-state index contributed by atoms with van der Waals surface area (Å²) in [5, 5.41) is 4.54. The third-order valence-electron chi connectivity index (χ3n) is 3.16. The minimum absolute atomic E-state index is 0.460. The first-order valence-corrected chi connectivity index (χ1v) is 6.15. The Balaban J connectivity index is 2.38. The summed E-state index contributed by atoms with van der Waals surface area (Å²) in [4.78, 5) is 8.35. The van der Waals surface area contributed by atoms with Gasteiger partial charge in [0.05, 0.1) is 11.9 Å². The van der Waals surface area contributed by atoms with Gasteiger partial charge in [0.1, 0.15) is 0 Å². The highest BCUT2D eigenvalue weighted by Gasteiger charge is 2.15. The van der Waals surface area contributed by atoms with E-state index in [-0.39, 0.29) is 0 Å². The maximum Gasteiger partial charge on any atom is 0.172 e. The standard InChI is InChI=1S/C13H19N5/c1-9(7-14)6-12-10(2)17-18(11(12)3)13-8-15-4-5-16-13/h4-5,8-9H,6-7,14H2,1-3H3. The van der Waals surface area contributed by atoms with Gasteiger partial charge in [-0.25, -0.2) is 9.67 Å². The van der Waals surface area contributed by atoms with Crippen LogP contribution in [0.3, 0.4) is 0 Å². The molecule has 2 aromatic rings. The predicted octanol–water partition coefficient (Wildman–Crippen LogP) is 1.42. The maximum atomic E-state index is 5.69. The lowest BCUT2D eigenvalue weighted by Gasteiger charge is -2.08. The summed E-state index contributed by atoms with van der Waals surface area (Å²) >= 11 is 0. The molecule has 0 saturated heterocycles. The molecule has 2 rings (SSSR count). The quantitative estimate of drug-likeness (QED) is 0.884. The van der Waals surface area contributed by atoms with Crippen molar-refractivity contribution in [3.05, 3.63) is 35.5 Å². The maximum absolute atomic E-state index is 5.69. The SMILES string of the molecule is Cc1nn(-c2cnccn2)c(C)c1CC(C)CN. The molecule has 0 spiro atoms. The highest BCUT2D eigenvalue weighted by atomic mass is 15.3. The van der Waals surface area contributed by atoms with Crippen molar-refractivity contribution in [1.29, 1.82) is 0 Å². The fourth-order valence-corrected chi connectivity index (χ4v) is 2.03. The predicted molar refractivity (Wildman–Crippen MR) is 70.6 cm³/mol. The highest BCUT2D eigenvalue weighted by Crippen LogP contribution is 2.19. The number of hydrogen-bond donors (Lipinski definition) is 1. The van der Waals surface area contributed by atoms with Crippen molar-refractivity contribution in [1.82, 2.24) is 19.7 Å². The van der Waals surface area contributed by atoms with E-state index in [1.165, 1.54) is 5.56 Å². The van der Waals surface area contributed by atoms with Crippen LogP contribution in [0, 0.1) is 19.8 Å².